The smallest absolute Gasteiger partial charge is 0.344 e. The summed E-state index contributed by atoms with van der Waals surface area (Å²) in [5.41, 5.74) is 2.27. The van der Waals surface area contributed by atoms with Crippen LogP contribution in [0.15, 0.2) is 58.7 Å². The molecule has 0 bridgehead atoms. The number of hydrogen-bond acceptors (Lipinski definition) is 7. The summed E-state index contributed by atoms with van der Waals surface area (Å²) in [4.78, 5) is 32.7. The number of fused-ring (bicyclic) bond motifs is 2. The first-order chi connectivity index (χ1) is 15.9. The summed E-state index contributed by atoms with van der Waals surface area (Å²) in [5.74, 6) is 0.894. The van der Waals surface area contributed by atoms with Gasteiger partial charge in [0.15, 0.2) is 18.1 Å². The molecule has 0 saturated carbocycles. The number of nitrogens with zero attached hydrogens (tertiary/aromatic N) is 1. The highest BCUT2D eigenvalue weighted by molar-refractivity contribution is 7.17. The van der Waals surface area contributed by atoms with Crippen LogP contribution in [0.5, 0.6) is 11.5 Å². The third-order valence-corrected chi connectivity index (χ3v) is 6.22. The highest BCUT2D eigenvalue weighted by Gasteiger charge is 2.32. The molecule has 1 aliphatic heterocycles. The fourth-order valence-corrected chi connectivity index (χ4v) is 4.89. The summed E-state index contributed by atoms with van der Waals surface area (Å²) in [6, 6.07) is 15.3. The largest absolute Gasteiger partial charge is 0.483 e. The van der Waals surface area contributed by atoms with Crippen LogP contribution < -0.4 is 15.0 Å². The lowest BCUT2D eigenvalue weighted by atomic mass is 10.0. The number of hydrogen-bond donors (Lipinski definition) is 1. The summed E-state index contributed by atoms with van der Waals surface area (Å²) in [6.45, 7) is 3.59. The van der Waals surface area contributed by atoms with Crippen molar-refractivity contribution >= 4 is 27.5 Å². The normalized spacial score (nSPS) is 14.0. The van der Waals surface area contributed by atoms with Gasteiger partial charge >= 0.3 is 5.97 Å². The molecule has 0 amide bonds. The van der Waals surface area contributed by atoms with E-state index in [4.69, 9.17) is 14.2 Å². The summed E-state index contributed by atoms with van der Waals surface area (Å²) in [6.07, 6.45) is 0.778. The molecule has 1 aliphatic rings. The molecule has 8 heteroatoms. The van der Waals surface area contributed by atoms with Crippen molar-refractivity contribution in [3.05, 3.63) is 75.7 Å². The zero-order valence-electron chi connectivity index (χ0n) is 18.2. The second kappa shape index (κ2) is 8.37. The highest BCUT2D eigenvalue weighted by Crippen LogP contribution is 2.41. The number of aromatic nitrogens is 2. The zero-order valence-corrected chi connectivity index (χ0v) is 19.0. The first-order valence-corrected chi connectivity index (χ1v) is 11.4. The van der Waals surface area contributed by atoms with Crippen LogP contribution in [-0.2, 0) is 22.6 Å². The number of carbonyl (C=O) groups excluding carboxylic acids is 1. The predicted octanol–water partition coefficient (Wildman–Crippen LogP) is 4.49. The van der Waals surface area contributed by atoms with Crippen LogP contribution in [0.3, 0.4) is 0 Å². The van der Waals surface area contributed by atoms with Gasteiger partial charge in [-0.2, -0.15) is 0 Å². The molecule has 4 aromatic rings. The van der Waals surface area contributed by atoms with Crippen molar-refractivity contribution in [2.24, 2.45) is 0 Å². The molecule has 1 N–H and O–H groups in total. The van der Waals surface area contributed by atoms with Gasteiger partial charge in [-0.25, -0.2) is 9.78 Å². The predicted molar refractivity (Wildman–Crippen MR) is 126 cm³/mol. The molecule has 2 aromatic carbocycles. The molecule has 168 valence electrons. The minimum Gasteiger partial charge on any atom is -0.483 e. The number of nitrogens with one attached hydrogen (secondary N) is 1. The van der Waals surface area contributed by atoms with Gasteiger partial charge in [-0.05, 0) is 25.5 Å². The number of aromatic amines is 1. The molecule has 5 rings (SSSR count). The Labute approximate surface area is 194 Å². The fraction of sp³-hybridized carbons (Fsp3) is 0.240. The average molecular weight is 463 g/mol. The van der Waals surface area contributed by atoms with Gasteiger partial charge in [0.05, 0.1) is 5.39 Å². The van der Waals surface area contributed by atoms with Gasteiger partial charge in [0, 0.05) is 22.9 Å². The molecule has 33 heavy (non-hydrogen) atoms. The topological polar surface area (TPSA) is 90.5 Å². The number of ether oxygens (including phenoxy) is 3. The van der Waals surface area contributed by atoms with Crippen molar-refractivity contribution in [1.82, 2.24) is 9.97 Å². The third-order valence-electron chi connectivity index (χ3n) is 5.35. The summed E-state index contributed by atoms with van der Waals surface area (Å²) < 4.78 is 16.9. The molecule has 0 spiro atoms. The van der Waals surface area contributed by atoms with Gasteiger partial charge in [-0.3, -0.25) is 4.79 Å². The number of esters is 1. The van der Waals surface area contributed by atoms with Crippen LogP contribution in [0.25, 0.3) is 21.3 Å². The van der Waals surface area contributed by atoms with E-state index >= 15 is 0 Å². The monoisotopic (exact) mass is 462 g/mol. The third kappa shape index (κ3) is 4.34. The van der Waals surface area contributed by atoms with Gasteiger partial charge in [-0.1, -0.05) is 42.5 Å². The van der Waals surface area contributed by atoms with Crippen LogP contribution in [0, 0.1) is 0 Å². The molecule has 0 radical (unpaired) electrons. The number of para-hydroxylation sites is 1. The van der Waals surface area contributed by atoms with Gasteiger partial charge in [0.2, 0.25) is 0 Å². The molecule has 0 aliphatic carbocycles. The van der Waals surface area contributed by atoms with Crippen molar-refractivity contribution in [3.8, 4) is 22.6 Å². The Bertz CT molecular complexity index is 1390. The Morgan fingerprint density at radius 3 is 2.82 bits per heavy atom. The van der Waals surface area contributed by atoms with E-state index < -0.39 is 5.97 Å². The molecule has 0 fully saturated rings. The van der Waals surface area contributed by atoms with Crippen LogP contribution in [0.1, 0.15) is 25.2 Å². The number of rotatable bonds is 6. The Balaban J connectivity index is 1.24. The first-order valence-electron chi connectivity index (χ1n) is 10.5. The minimum absolute atomic E-state index is 0.150. The first kappa shape index (κ1) is 21.2. The molecular formula is C25H22N2O5S. The lowest BCUT2D eigenvalue weighted by molar-refractivity contribution is -0.147. The Kier molecular flexibility index (Phi) is 5.38. The summed E-state index contributed by atoms with van der Waals surface area (Å²) in [5, 5.41) is 2.44. The maximum absolute atomic E-state index is 12.7. The Morgan fingerprint density at radius 1 is 1.18 bits per heavy atom. The summed E-state index contributed by atoms with van der Waals surface area (Å²) in [7, 11) is 0. The number of benzene rings is 2. The quantitative estimate of drug-likeness (QED) is 0.425. The van der Waals surface area contributed by atoms with Crippen LogP contribution in [-0.4, -0.2) is 28.1 Å². The van der Waals surface area contributed by atoms with Crippen molar-refractivity contribution in [1.29, 1.82) is 0 Å². The number of H-pyrrole nitrogens is 1. The Hall–Kier alpha value is -3.65. The van der Waals surface area contributed by atoms with E-state index in [1.54, 1.807) is 6.07 Å². The van der Waals surface area contributed by atoms with E-state index in [9.17, 15) is 9.59 Å². The summed E-state index contributed by atoms with van der Waals surface area (Å²) >= 11 is 1.38. The maximum atomic E-state index is 12.7. The van der Waals surface area contributed by atoms with Gasteiger partial charge in [-0.15, -0.1) is 11.3 Å². The van der Waals surface area contributed by atoms with Crippen molar-refractivity contribution in [2.75, 3.05) is 6.61 Å². The van der Waals surface area contributed by atoms with Crippen molar-refractivity contribution < 1.29 is 19.0 Å². The van der Waals surface area contributed by atoms with Crippen molar-refractivity contribution in [3.63, 3.8) is 0 Å². The van der Waals surface area contributed by atoms with E-state index in [2.05, 4.69) is 9.97 Å². The number of thiophene rings is 1. The van der Waals surface area contributed by atoms with E-state index in [0.717, 1.165) is 23.1 Å². The molecule has 0 atom stereocenters. The van der Waals surface area contributed by atoms with Crippen molar-refractivity contribution in [2.45, 2.75) is 32.5 Å². The fourth-order valence-electron chi connectivity index (χ4n) is 3.92. The Morgan fingerprint density at radius 2 is 2.00 bits per heavy atom. The standard InChI is InChI=1S/C25H22N2O5S/c1-25(2)11-16-9-6-10-18(22(16)32-25)30-13-20(28)31-12-19-26-23(29)21-17(14-33-24(21)27-19)15-7-4-3-5-8-15/h3-10,14H,11-13H2,1-2H3,(H,26,27,29). The van der Waals surface area contributed by atoms with Gasteiger partial charge < -0.3 is 19.2 Å². The molecule has 7 nitrogen and oxygen atoms in total. The van der Waals surface area contributed by atoms with E-state index in [1.165, 1.54) is 11.3 Å². The molecule has 0 unspecified atom stereocenters. The van der Waals surface area contributed by atoms with E-state index in [-0.39, 0.29) is 30.2 Å². The average Bonchev–Trinajstić information content (AvgIpc) is 3.36. The van der Waals surface area contributed by atoms with Crippen LogP contribution in [0.4, 0.5) is 0 Å². The van der Waals surface area contributed by atoms with E-state index in [1.807, 2.05) is 61.7 Å². The van der Waals surface area contributed by atoms with Gasteiger partial charge in [0.1, 0.15) is 22.9 Å². The highest BCUT2D eigenvalue weighted by atomic mass is 32.1. The maximum Gasteiger partial charge on any atom is 0.344 e. The van der Waals surface area contributed by atoms with E-state index in [0.29, 0.717) is 21.7 Å². The van der Waals surface area contributed by atoms with Gasteiger partial charge in [0.25, 0.3) is 5.56 Å². The second-order valence-electron chi connectivity index (χ2n) is 8.44. The molecule has 0 saturated heterocycles. The van der Waals surface area contributed by atoms with Crippen LogP contribution >= 0.6 is 11.3 Å². The SMILES string of the molecule is CC1(C)Cc2cccc(OCC(=O)OCc3nc4scc(-c5ccccc5)c4c(=O)[nH]3)c2O1. The molecule has 2 aromatic heterocycles. The lowest BCUT2D eigenvalue weighted by Gasteiger charge is -2.18. The molecular weight excluding hydrogens is 440 g/mol. The minimum atomic E-state index is -0.566. The van der Waals surface area contributed by atoms with Crippen LogP contribution in [0.2, 0.25) is 0 Å². The second-order valence-corrected chi connectivity index (χ2v) is 9.30. The zero-order chi connectivity index (χ0) is 23.0. The molecule has 3 heterocycles. The lowest BCUT2D eigenvalue weighted by Crippen LogP contribution is -2.25. The number of carbonyl (C=O) groups is 1.